The fourth-order valence-corrected chi connectivity index (χ4v) is 6.95. The third-order valence-corrected chi connectivity index (χ3v) is 9.54. The maximum absolute atomic E-state index is 12.2. The molecule has 2 atom stereocenters. The summed E-state index contributed by atoms with van der Waals surface area (Å²) in [5.74, 6) is 2.75. The van der Waals surface area contributed by atoms with Gasteiger partial charge in [0.15, 0.2) is 11.6 Å². The first-order valence-corrected chi connectivity index (χ1v) is 15.2. The van der Waals surface area contributed by atoms with E-state index in [-0.39, 0.29) is 23.2 Å². The highest BCUT2D eigenvalue weighted by Crippen LogP contribution is 2.47. The van der Waals surface area contributed by atoms with Crippen molar-refractivity contribution in [1.29, 1.82) is 0 Å². The van der Waals surface area contributed by atoms with Crippen molar-refractivity contribution in [3.63, 3.8) is 0 Å². The molecule has 0 unspecified atom stereocenters. The van der Waals surface area contributed by atoms with Gasteiger partial charge in [-0.2, -0.15) is 0 Å². The van der Waals surface area contributed by atoms with Gasteiger partial charge in [-0.25, -0.2) is 15.0 Å². The SMILES string of the molecule is C=CC(=O)C[C@H]1CCOC[C@H]1Nc1cc2c(N3CC4(CCOCC4)C3)nc(-c3c(Cl)c(OC)cc(OC)c3Cl)nc2cn1. The lowest BCUT2D eigenvalue weighted by Gasteiger charge is -2.53. The van der Waals surface area contributed by atoms with Crippen LogP contribution in [0.4, 0.5) is 11.6 Å². The number of hydrogen-bond donors (Lipinski definition) is 1. The van der Waals surface area contributed by atoms with Gasteiger partial charge in [0.25, 0.3) is 0 Å². The average molecular weight is 629 g/mol. The third kappa shape index (κ3) is 5.85. The fourth-order valence-electron chi connectivity index (χ4n) is 6.28. The Kier molecular flexibility index (Phi) is 8.64. The van der Waals surface area contributed by atoms with Crippen molar-refractivity contribution in [3.8, 4) is 22.9 Å². The minimum atomic E-state index is -0.0670. The number of ketones is 1. The fraction of sp³-hybridized carbons (Fsp3) is 0.484. The maximum Gasteiger partial charge on any atom is 0.165 e. The molecule has 3 aromatic rings. The number of ether oxygens (including phenoxy) is 4. The summed E-state index contributed by atoms with van der Waals surface area (Å²) < 4.78 is 22.4. The van der Waals surface area contributed by atoms with Crippen molar-refractivity contribution in [1.82, 2.24) is 15.0 Å². The Morgan fingerprint density at radius 3 is 2.51 bits per heavy atom. The second-order valence-electron chi connectivity index (χ2n) is 11.5. The quantitative estimate of drug-likeness (QED) is 0.301. The van der Waals surface area contributed by atoms with Gasteiger partial charge in [0, 0.05) is 56.2 Å². The molecule has 3 aliphatic heterocycles. The van der Waals surface area contributed by atoms with Gasteiger partial charge in [-0.3, -0.25) is 4.79 Å². The molecule has 3 saturated heterocycles. The molecule has 0 saturated carbocycles. The van der Waals surface area contributed by atoms with Crippen LogP contribution in [0.2, 0.25) is 10.0 Å². The number of nitrogens with one attached hydrogen (secondary N) is 1. The van der Waals surface area contributed by atoms with E-state index in [1.807, 2.05) is 6.07 Å². The Balaban J connectivity index is 1.41. The van der Waals surface area contributed by atoms with Crippen LogP contribution < -0.4 is 19.7 Å². The molecular weight excluding hydrogens is 593 g/mol. The normalized spacial score (nSPS) is 21.3. The Labute approximate surface area is 260 Å². The molecule has 5 heterocycles. The monoisotopic (exact) mass is 627 g/mol. The molecule has 43 heavy (non-hydrogen) atoms. The number of carbonyl (C=O) groups is 1. The zero-order chi connectivity index (χ0) is 30.1. The molecule has 0 radical (unpaired) electrons. The minimum absolute atomic E-state index is 0.0275. The van der Waals surface area contributed by atoms with Crippen LogP contribution in [-0.2, 0) is 14.3 Å². The summed E-state index contributed by atoms with van der Waals surface area (Å²) in [7, 11) is 3.07. The number of anilines is 2. The van der Waals surface area contributed by atoms with E-state index in [0.29, 0.717) is 63.9 Å². The molecule has 6 rings (SSSR count). The molecule has 0 aliphatic carbocycles. The van der Waals surface area contributed by atoms with E-state index in [0.717, 1.165) is 56.8 Å². The number of hydrogen-bond acceptors (Lipinski definition) is 10. The topological polar surface area (TPSA) is 108 Å². The number of nitrogens with zero attached hydrogens (tertiary/aromatic N) is 4. The predicted octanol–water partition coefficient (Wildman–Crippen LogP) is 5.59. The molecular formula is C31H35Cl2N5O5. The lowest BCUT2D eigenvalue weighted by Crippen LogP contribution is -2.59. The van der Waals surface area contributed by atoms with E-state index in [9.17, 15) is 4.79 Å². The van der Waals surface area contributed by atoms with Crippen LogP contribution in [0.3, 0.4) is 0 Å². The van der Waals surface area contributed by atoms with Crippen molar-refractivity contribution in [2.24, 2.45) is 11.3 Å². The van der Waals surface area contributed by atoms with Crippen molar-refractivity contribution in [2.45, 2.75) is 31.7 Å². The molecule has 1 N–H and O–H groups in total. The van der Waals surface area contributed by atoms with E-state index < -0.39 is 0 Å². The Morgan fingerprint density at radius 1 is 1.12 bits per heavy atom. The summed E-state index contributed by atoms with van der Waals surface area (Å²) in [5.41, 5.74) is 1.29. The highest BCUT2D eigenvalue weighted by Gasteiger charge is 2.45. The van der Waals surface area contributed by atoms with Gasteiger partial charge < -0.3 is 29.2 Å². The van der Waals surface area contributed by atoms with Crippen LogP contribution in [0, 0.1) is 11.3 Å². The molecule has 12 heteroatoms. The van der Waals surface area contributed by atoms with Crippen molar-refractivity contribution < 1.29 is 23.7 Å². The molecule has 10 nitrogen and oxygen atoms in total. The second-order valence-corrected chi connectivity index (χ2v) is 12.2. The van der Waals surface area contributed by atoms with Gasteiger partial charge in [0.05, 0.1) is 54.2 Å². The van der Waals surface area contributed by atoms with Crippen molar-refractivity contribution >= 4 is 51.5 Å². The predicted molar refractivity (Wildman–Crippen MR) is 167 cm³/mol. The lowest BCUT2D eigenvalue weighted by molar-refractivity contribution is -0.116. The molecule has 228 valence electrons. The van der Waals surface area contributed by atoms with Gasteiger partial charge in [-0.05, 0) is 37.3 Å². The number of rotatable bonds is 9. The smallest absolute Gasteiger partial charge is 0.165 e. The number of benzene rings is 1. The Hall–Kier alpha value is -3.18. The van der Waals surface area contributed by atoms with E-state index in [2.05, 4.69) is 16.8 Å². The van der Waals surface area contributed by atoms with Crippen LogP contribution in [-0.4, -0.2) is 80.5 Å². The standard InChI is InChI=1S/C31H35Cl2N5O5/c1-4-19(39)11-18-5-8-43-15-22(18)35-25-12-20-21(14-34-25)36-29(26-27(32)23(40-2)13-24(41-3)28(26)33)37-30(20)38-16-31(17-38)6-9-42-10-7-31/h4,12-14,18,22H,1,5-11,15-17H2,2-3H3,(H,34,35)/t18-,22-/m1/s1. The molecule has 1 aromatic carbocycles. The van der Waals surface area contributed by atoms with Crippen LogP contribution in [0.5, 0.6) is 11.5 Å². The van der Waals surface area contributed by atoms with Crippen molar-refractivity contribution in [3.05, 3.63) is 41.0 Å². The van der Waals surface area contributed by atoms with Gasteiger partial charge in [0.2, 0.25) is 0 Å². The van der Waals surface area contributed by atoms with Gasteiger partial charge >= 0.3 is 0 Å². The highest BCUT2D eigenvalue weighted by atomic mass is 35.5. The first-order valence-electron chi connectivity index (χ1n) is 14.4. The van der Waals surface area contributed by atoms with Gasteiger partial charge in [0.1, 0.15) is 23.1 Å². The molecule has 3 fully saturated rings. The van der Waals surface area contributed by atoms with Crippen molar-refractivity contribution in [2.75, 3.05) is 64.0 Å². The zero-order valence-corrected chi connectivity index (χ0v) is 25.8. The van der Waals surface area contributed by atoms with E-state index in [1.54, 1.807) is 12.3 Å². The van der Waals surface area contributed by atoms with E-state index in [1.165, 1.54) is 20.3 Å². The first kappa shape index (κ1) is 29.9. The van der Waals surface area contributed by atoms with Crippen LogP contribution in [0.15, 0.2) is 31.0 Å². The number of pyridine rings is 1. The molecule has 3 aliphatic rings. The summed E-state index contributed by atoms with van der Waals surface area (Å²) in [6.45, 7) is 8.01. The first-order chi connectivity index (χ1) is 20.8. The summed E-state index contributed by atoms with van der Waals surface area (Å²) in [6, 6.07) is 3.55. The Bertz CT molecular complexity index is 1510. The van der Waals surface area contributed by atoms with Crippen LogP contribution in [0.25, 0.3) is 22.3 Å². The van der Waals surface area contributed by atoms with Gasteiger partial charge in [-0.15, -0.1) is 0 Å². The van der Waals surface area contributed by atoms with E-state index >= 15 is 0 Å². The number of aromatic nitrogens is 3. The summed E-state index contributed by atoms with van der Waals surface area (Å²) in [6.07, 6.45) is 6.35. The van der Waals surface area contributed by atoms with Crippen LogP contribution in [0.1, 0.15) is 25.7 Å². The number of fused-ring (bicyclic) bond motifs is 1. The third-order valence-electron chi connectivity index (χ3n) is 8.79. The van der Waals surface area contributed by atoms with Crippen LogP contribution >= 0.6 is 23.2 Å². The largest absolute Gasteiger partial charge is 0.495 e. The number of carbonyl (C=O) groups excluding carboxylic acids is 1. The summed E-state index contributed by atoms with van der Waals surface area (Å²) in [4.78, 5) is 29.1. The highest BCUT2D eigenvalue weighted by molar-refractivity contribution is 6.41. The van der Waals surface area contributed by atoms with Gasteiger partial charge in [-0.1, -0.05) is 29.8 Å². The minimum Gasteiger partial charge on any atom is -0.495 e. The number of methoxy groups -OCH3 is 2. The summed E-state index contributed by atoms with van der Waals surface area (Å²) >= 11 is 13.6. The lowest BCUT2D eigenvalue weighted by atomic mass is 9.73. The number of halogens is 2. The molecule has 1 spiro atoms. The zero-order valence-electron chi connectivity index (χ0n) is 24.3. The Morgan fingerprint density at radius 2 is 1.84 bits per heavy atom. The number of allylic oxidation sites excluding steroid dienone is 1. The maximum atomic E-state index is 12.2. The van der Waals surface area contributed by atoms with E-state index in [4.69, 9.17) is 57.1 Å². The molecule has 0 bridgehead atoms. The molecule has 2 aromatic heterocycles. The average Bonchev–Trinajstić information content (AvgIpc) is 3.01. The molecule has 0 amide bonds. The second kappa shape index (κ2) is 12.4. The summed E-state index contributed by atoms with van der Waals surface area (Å²) in [5, 5.41) is 4.96.